The van der Waals surface area contributed by atoms with Crippen molar-refractivity contribution in [1.82, 2.24) is 15.5 Å². The van der Waals surface area contributed by atoms with Crippen molar-refractivity contribution in [1.29, 1.82) is 0 Å². The van der Waals surface area contributed by atoms with Crippen molar-refractivity contribution in [3.8, 4) is 0 Å². The highest BCUT2D eigenvalue weighted by atomic mass is 16.5. The van der Waals surface area contributed by atoms with Gasteiger partial charge in [-0.2, -0.15) is 4.98 Å². The third-order valence-corrected chi connectivity index (χ3v) is 5.49. The first kappa shape index (κ1) is 17.4. The molecule has 0 bridgehead atoms. The van der Waals surface area contributed by atoms with E-state index in [4.69, 9.17) is 4.52 Å². The highest BCUT2D eigenvalue weighted by Gasteiger charge is 2.26. The van der Waals surface area contributed by atoms with Gasteiger partial charge in [0.1, 0.15) is 0 Å². The summed E-state index contributed by atoms with van der Waals surface area (Å²) < 4.78 is 5.42. The van der Waals surface area contributed by atoms with Gasteiger partial charge in [0.15, 0.2) is 5.82 Å². The monoisotopic (exact) mass is 335 g/mol. The number of rotatable bonds is 8. The third-order valence-electron chi connectivity index (χ3n) is 5.49. The quantitative estimate of drug-likeness (QED) is 0.751. The van der Waals surface area contributed by atoms with Crippen molar-refractivity contribution in [3.05, 3.63) is 11.7 Å². The van der Waals surface area contributed by atoms with Crippen LogP contribution in [-0.2, 0) is 4.79 Å². The summed E-state index contributed by atoms with van der Waals surface area (Å²) in [6.07, 6.45) is 12.0. The molecule has 2 aliphatic rings. The second kappa shape index (κ2) is 8.60. The molecule has 2 N–H and O–H groups in total. The van der Waals surface area contributed by atoms with Crippen LogP contribution in [0.2, 0.25) is 0 Å². The molecule has 2 atom stereocenters. The Bertz CT molecular complexity index is 519. The molecule has 0 amide bonds. The largest absolute Gasteiger partial charge is 0.481 e. The van der Waals surface area contributed by atoms with Crippen LogP contribution < -0.4 is 5.32 Å². The van der Waals surface area contributed by atoms with Crippen molar-refractivity contribution in [2.24, 2.45) is 5.92 Å². The Morgan fingerprint density at radius 2 is 2.08 bits per heavy atom. The lowest BCUT2D eigenvalue weighted by atomic mass is 9.84. The van der Waals surface area contributed by atoms with Gasteiger partial charge in [0.2, 0.25) is 5.89 Å². The number of nitrogens with zero attached hydrogens (tertiary/aromatic N) is 2. The van der Waals surface area contributed by atoms with Crippen LogP contribution in [0.15, 0.2) is 4.52 Å². The van der Waals surface area contributed by atoms with Gasteiger partial charge in [-0.05, 0) is 31.7 Å². The first-order chi connectivity index (χ1) is 11.7. The molecule has 1 aromatic heterocycles. The number of carboxylic acids is 1. The van der Waals surface area contributed by atoms with E-state index in [1.807, 2.05) is 0 Å². The second-order valence-electron chi connectivity index (χ2n) is 7.37. The van der Waals surface area contributed by atoms with E-state index in [9.17, 15) is 9.90 Å². The molecular weight excluding hydrogens is 306 g/mol. The smallest absolute Gasteiger partial charge is 0.304 e. The molecule has 2 unspecified atom stereocenters. The van der Waals surface area contributed by atoms with Crippen LogP contribution >= 0.6 is 0 Å². The van der Waals surface area contributed by atoms with Crippen LogP contribution in [0.1, 0.15) is 94.3 Å². The van der Waals surface area contributed by atoms with Crippen LogP contribution in [0, 0.1) is 5.92 Å². The summed E-state index contributed by atoms with van der Waals surface area (Å²) >= 11 is 0. The minimum absolute atomic E-state index is 0.0738. The van der Waals surface area contributed by atoms with Gasteiger partial charge in [-0.15, -0.1) is 0 Å². The zero-order valence-corrected chi connectivity index (χ0v) is 14.4. The summed E-state index contributed by atoms with van der Waals surface area (Å²) in [4.78, 5) is 15.7. The summed E-state index contributed by atoms with van der Waals surface area (Å²) in [6, 6.07) is 0.162. The summed E-state index contributed by atoms with van der Waals surface area (Å²) in [6.45, 7) is 0.981. The number of nitrogens with one attached hydrogen (secondary N) is 1. The summed E-state index contributed by atoms with van der Waals surface area (Å²) in [5.41, 5.74) is 0. The predicted octanol–water partition coefficient (Wildman–Crippen LogP) is 3.80. The maximum Gasteiger partial charge on any atom is 0.304 e. The fourth-order valence-corrected chi connectivity index (χ4v) is 4.11. The first-order valence-electron chi connectivity index (χ1n) is 9.51. The molecule has 0 aromatic carbocycles. The lowest BCUT2D eigenvalue weighted by Gasteiger charge is -2.21. The van der Waals surface area contributed by atoms with Crippen molar-refractivity contribution in [2.75, 3.05) is 6.54 Å². The summed E-state index contributed by atoms with van der Waals surface area (Å²) in [5, 5.41) is 16.6. The maximum absolute atomic E-state index is 11.2. The topological polar surface area (TPSA) is 88.2 Å². The van der Waals surface area contributed by atoms with E-state index in [-0.39, 0.29) is 18.4 Å². The first-order valence-corrected chi connectivity index (χ1v) is 9.51. The normalized spacial score (nSPS) is 23.4. The number of aromatic nitrogens is 2. The van der Waals surface area contributed by atoms with Crippen LogP contribution in [-0.4, -0.2) is 27.8 Å². The molecule has 2 fully saturated rings. The van der Waals surface area contributed by atoms with E-state index in [1.54, 1.807) is 0 Å². The van der Waals surface area contributed by atoms with Gasteiger partial charge in [0.25, 0.3) is 0 Å². The van der Waals surface area contributed by atoms with Gasteiger partial charge >= 0.3 is 5.97 Å². The fourth-order valence-electron chi connectivity index (χ4n) is 4.11. The maximum atomic E-state index is 11.2. The number of carboxylic acid groups (broad SMARTS) is 1. The van der Waals surface area contributed by atoms with Crippen LogP contribution in [0.25, 0.3) is 0 Å². The van der Waals surface area contributed by atoms with Crippen molar-refractivity contribution < 1.29 is 14.4 Å². The van der Waals surface area contributed by atoms with Gasteiger partial charge < -0.3 is 14.9 Å². The molecule has 24 heavy (non-hydrogen) atoms. The Balaban J connectivity index is 1.55. The fraction of sp³-hybridized carbons (Fsp3) is 0.833. The van der Waals surface area contributed by atoms with Crippen LogP contribution in [0.3, 0.4) is 0 Å². The Morgan fingerprint density at radius 3 is 2.79 bits per heavy atom. The van der Waals surface area contributed by atoms with Crippen LogP contribution in [0.5, 0.6) is 0 Å². The van der Waals surface area contributed by atoms with E-state index >= 15 is 0 Å². The molecule has 2 heterocycles. The molecule has 1 aliphatic carbocycles. The third kappa shape index (κ3) is 4.79. The molecule has 134 valence electrons. The predicted molar refractivity (Wildman–Crippen MR) is 89.7 cm³/mol. The number of aliphatic carboxylic acids is 1. The highest BCUT2D eigenvalue weighted by Crippen LogP contribution is 2.31. The van der Waals surface area contributed by atoms with Crippen LogP contribution in [0.4, 0.5) is 0 Å². The zero-order valence-electron chi connectivity index (χ0n) is 14.4. The molecule has 1 aromatic rings. The standard InChI is InChI=1S/C18H29N3O3/c22-16(23)12-14(9-4-8-13-6-2-1-3-7-13)18-20-17(21-24-18)15-10-5-11-19-15/h13-15,19H,1-12H2,(H,22,23). The molecule has 1 saturated carbocycles. The highest BCUT2D eigenvalue weighted by molar-refractivity contribution is 5.67. The Morgan fingerprint density at radius 1 is 1.25 bits per heavy atom. The van der Waals surface area contributed by atoms with Gasteiger partial charge in [-0.3, -0.25) is 4.79 Å². The van der Waals surface area contributed by atoms with E-state index < -0.39 is 5.97 Å². The molecule has 6 heteroatoms. The Labute approximate surface area is 143 Å². The number of hydrogen-bond donors (Lipinski definition) is 2. The Kier molecular flexibility index (Phi) is 6.24. The summed E-state index contributed by atoms with van der Waals surface area (Å²) in [5.74, 6) is 1.06. The number of hydrogen-bond acceptors (Lipinski definition) is 5. The molecule has 0 spiro atoms. The van der Waals surface area contributed by atoms with Gasteiger partial charge in [0, 0.05) is 5.92 Å². The van der Waals surface area contributed by atoms with Crippen molar-refractivity contribution in [2.45, 2.75) is 82.6 Å². The van der Waals surface area contributed by atoms with Crippen molar-refractivity contribution in [3.63, 3.8) is 0 Å². The minimum Gasteiger partial charge on any atom is -0.481 e. The van der Waals surface area contributed by atoms with Gasteiger partial charge in [0.05, 0.1) is 12.5 Å². The van der Waals surface area contributed by atoms with E-state index in [1.165, 1.54) is 38.5 Å². The van der Waals surface area contributed by atoms with Gasteiger partial charge in [-0.25, -0.2) is 0 Å². The summed E-state index contributed by atoms with van der Waals surface area (Å²) in [7, 11) is 0. The molecule has 1 aliphatic heterocycles. The van der Waals surface area contributed by atoms with Crippen molar-refractivity contribution >= 4 is 5.97 Å². The average molecular weight is 335 g/mol. The van der Waals surface area contributed by atoms with E-state index in [2.05, 4.69) is 15.5 Å². The average Bonchev–Trinajstić information content (AvgIpc) is 3.26. The minimum atomic E-state index is -0.795. The van der Waals surface area contributed by atoms with Gasteiger partial charge in [-0.1, -0.05) is 50.1 Å². The molecule has 6 nitrogen and oxygen atoms in total. The second-order valence-corrected chi connectivity index (χ2v) is 7.37. The van der Waals surface area contributed by atoms with E-state index in [0.717, 1.165) is 38.1 Å². The molecule has 0 radical (unpaired) electrons. The zero-order chi connectivity index (χ0) is 16.8. The molecule has 1 saturated heterocycles. The number of carbonyl (C=O) groups is 1. The lowest BCUT2D eigenvalue weighted by Crippen LogP contribution is -2.14. The SMILES string of the molecule is O=C(O)CC(CCCC1CCCCC1)c1nc(C2CCCN2)no1. The lowest BCUT2D eigenvalue weighted by molar-refractivity contribution is -0.137. The Hall–Kier alpha value is -1.43. The van der Waals surface area contributed by atoms with E-state index in [0.29, 0.717) is 11.7 Å². The molecular formula is C18H29N3O3. The molecule has 3 rings (SSSR count).